The molecule has 1 amide bonds. The Morgan fingerprint density at radius 3 is 1.57 bits per heavy atom. The van der Waals surface area contributed by atoms with Crippen molar-refractivity contribution >= 4 is 46.8 Å². The van der Waals surface area contributed by atoms with Crippen LogP contribution in [0.3, 0.4) is 0 Å². The van der Waals surface area contributed by atoms with Crippen LogP contribution in [-0.4, -0.2) is 22.3 Å². The third kappa shape index (κ3) is 7.96. The summed E-state index contributed by atoms with van der Waals surface area (Å²) in [7, 11) is 0. The Morgan fingerprint density at radius 2 is 1.17 bits per heavy atom. The van der Waals surface area contributed by atoms with E-state index in [0.717, 1.165) is 28.8 Å². The maximum atomic E-state index is 13.0. The molecule has 0 fully saturated rings. The number of nitrogens with one attached hydrogen (secondary N) is 1. The smallest absolute Gasteiger partial charge is 0.361 e. The van der Waals surface area contributed by atoms with Gasteiger partial charge in [-0.15, -0.1) is 0 Å². The van der Waals surface area contributed by atoms with E-state index in [2.05, 4.69) is 5.32 Å². The Bertz CT molecular complexity index is 1360. The minimum atomic E-state index is -4.44. The largest absolute Gasteiger partial charge is 0.416 e. The summed E-state index contributed by atoms with van der Waals surface area (Å²) in [6, 6.07) is 33.4. The van der Waals surface area contributed by atoms with Gasteiger partial charge in [-0.25, -0.2) is 0 Å². The fraction of sp³-hybridized carbons (Fsp3) is 0.182. The van der Waals surface area contributed by atoms with Crippen molar-refractivity contribution in [1.29, 1.82) is 0 Å². The van der Waals surface area contributed by atoms with Gasteiger partial charge < -0.3 is 10.1 Å². The lowest BCUT2D eigenvalue weighted by Gasteiger charge is -2.36. The molecule has 0 saturated carbocycles. The first kappa shape index (κ1) is 31.6. The molecule has 3 nitrogen and oxygen atoms in total. The fourth-order valence-electron chi connectivity index (χ4n) is 4.58. The van der Waals surface area contributed by atoms with Crippen LogP contribution < -0.4 is 5.32 Å². The first-order chi connectivity index (χ1) is 20.0. The van der Waals surface area contributed by atoms with Crippen LogP contribution in [-0.2, 0) is 21.3 Å². The van der Waals surface area contributed by atoms with Gasteiger partial charge >= 0.3 is 6.18 Å². The number of ether oxygens (including phenoxy) is 1. The van der Waals surface area contributed by atoms with Gasteiger partial charge in [-0.1, -0.05) is 150 Å². The molecule has 0 unspecified atom stereocenters. The molecule has 0 aliphatic rings. The van der Waals surface area contributed by atoms with Gasteiger partial charge in [-0.3, -0.25) is 4.79 Å². The summed E-state index contributed by atoms with van der Waals surface area (Å²) in [5.74, 6) is -0.838. The Morgan fingerprint density at radius 1 is 0.714 bits per heavy atom. The number of carbonyl (C=O) groups is 1. The second-order valence-electron chi connectivity index (χ2n) is 9.47. The zero-order chi connectivity index (χ0) is 30.2. The van der Waals surface area contributed by atoms with Crippen molar-refractivity contribution in [2.24, 2.45) is 0 Å². The van der Waals surface area contributed by atoms with Crippen molar-refractivity contribution in [3.8, 4) is 0 Å². The molecule has 0 saturated heterocycles. The van der Waals surface area contributed by atoms with Crippen LogP contribution >= 0.6 is 34.8 Å². The van der Waals surface area contributed by atoms with Crippen LogP contribution in [0.2, 0.25) is 0 Å². The summed E-state index contributed by atoms with van der Waals surface area (Å²) in [5, 5.41) is 2.69. The SMILES string of the molecule is O=C(N[C@H](/C=C/c1ccc(C(F)(F)F)cc1)CCOC(c1ccccc1)(c1ccccc1)c1ccccc1)C(Cl)(Cl)Cl. The molecule has 0 bridgehead atoms. The zero-order valence-electron chi connectivity index (χ0n) is 22.2. The van der Waals surface area contributed by atoms with Crippen molar-refractivity contribution in [3.63, 3.8) is 0 Å². The Hall–Kier alpha value is -3.29. The molecule has 0 heterocycles. The number of carbonyl (C=O) groups excluding carboxylic acids is 1. The molecule has 0 spiro atoms. The van der Waals surface area contributed by atoms with E-state index in [1.807, 2.05) is 91.0 Å². The van der Waals surface area contributed by atoms with Crippen LogP contribution in [0.4, 0.5) is 13.2 Å². The number of hydrogen-bond donors (Lipinski definition) is 1. The average Bonchev–Trinajstić information content (AvgIpc) is 2.98. The van der Waals surface area contributed by atoms with Crippen LogP contribution in [0.15, 0.2) is 121 Å². The second kappa shape index (κ2) is 13.8. The lowest BCUT2D eigenvalue weighted by atomic mass is 9.80. The average molecular weight is 633 g/mol. The normalized spacial score (nSPS) is 13.2. The van der Waals surface area contributed by atoms with Crippen molar-refractivity contribution < 1.29 is 22.7 Å². The van der Waals surface area contributed by atoms with E-state index in [0.29, 0.717) is 5.56 Å². The van der Waals surface area contributed by atoms with Gasteiger partial charge in [0.05, 0.1) is 12.2 Å². The third-order valence-electron chi connectivity index (χ3n) is 6.62. The van der Waals surface area contributed by atoms with Gasteiger partial charge in [-0.2, -0.15) is 13.2 Å². The van der Waals surface area contributed by atoms with Gasteiger partial charge in [-0.05, 0) is 40.8 Å². The highest BCUT2D eigenvalue weighted by Crippen LogP contribution is 2.40. The summed E-state index contributed by atoms with van der Waals surface area (Å²) in [6.45, 7) is 0.154. The van der Waals surface area contributed by atoms with Crippen molar-refractivity contribution in [1.82, 2.24) is 5.32 Å². The standard InChI is InChI=1S/C33H27Cl3F3NO2/c34-32(35,36)30(41)40-29(21-18-24-16-19-28(20-17-24)33(37,38)39)22-23-42-31(25-10-4-1-5-11-25,26-12-6-2-7-13-26)27-14-8-3-9-15-27/h1-21,29H,22-23H2,(H,40,41)/b21-18+/t29-/m1/s1. The van der Waals surface area contributed by atoms with E-state index in [-0.39, 0.29) is 13.0 Å². The highest BCUT2D eigenvalue weighted by atomic mass is 35.6. The maximum absolute atomic E-state index is 13.0. The third-order valence-corrected chi connectivity index (χ3v) is 7.14. The Balaban J connectivity index is 1.64. The summed E-state index contributed by atoms with van der Waals surface area (Å²) < 4.78 is 43.5. The maximum Gasteiger partial charge on any atom is 0.416 e. The summed E-state index contributed by atoms with van der Waals surface area (Å²) in [5.41, 5.74) is 1.49. The number of halogens is 6. The van der Waals surface area contributed by atoms with Gasteiger partial charge in [0.25, 0.3) is 9.70 Å². The van der Waals surface area contributed by atoms with Gasteiger partial charge in [0.1, 0.15) is 5.60 Å². The van der Waals surface area contributed by atoms with Crippen molar-refractivity contribution in [2.45, 2.75) is 28.0 Å². The van der Waals surface area contributed by atoms with E-state index in [1.165, 1.54) is 12.1 Å². The van der Waals surface area contributed by atoms with E-state index >= 15 is 0 Å². The zero-order valence-corrected chi connectivity index (χ0v) is 24.5. The predicted octanol–water partition coefficient (Wildman–Crippen LogP) is 8.97. The van der Waals surface area contributed by atoms with Crippen molar-refractivity contribution in [2.75, 3.05) is 6.61 Å². The first-order valence-electron chi connectivity index (χ1n) is 13.0. The summed E-state index contributed by atoms with van der Waals surface area (Å²) >= 11 is 17.4. The van der Waals surface area contributed by atoms with E-state index < -0.39 is 33.1 Å². The molecular formula is C33H27Cl3F3NO2. The fourth-order valence-corrected chi connectivity index (χ4v) is 4.75. The van der Waals surface area contributed by atoms with Crippen LogP contribution in [0.25, 0.3) is 6.08 Å². The van der Waals surface area contributed by atoms with Gasteiger partial charge in [0.2, 0.25) is 0 Å². The quantitative estimate of drug-likeness (QED) is 0.140. The summed E-state index contributed by atoms with van der Waals surface area (Å²) in [4.78, 5) is 12.6. The molecule has 0 aliphatic carbocycles. The highest BCUT2D eigenvalue weighted by molar-refractivity contribution is 6.76. The number of amides is 1. The number of rotatable bonds is 10. The summed E-state index contributed by atoms with van der Waals surface area (Å²) in [6.07, 6.45) is -0.946. The molecule has 1 atom stereocenters. The lowest BCUT2D eigenvalue weighted by molar-refractivity contribution is -0.137. The van der Waals surface area contributed by atoms with Gasteiger partial charge in [0.15, 0.2) is 0 Å². The molecule has 1 N–H and O–H groups in total. The Labute approximate surface area is 257 Å². The molecule has 4 rings (SSSR count). The van der Waals surface area contributed by atoms with Crippen LogP contribution in [0.1, 0.15) is 34.2 Å². The number of hydrogen-bond acceptors (Lipinski definition) is 2. The number of benzene rings is 4. The molecule has 4 aromatic rings. The molecule has 9 heteroatoms. The highest BCUT2D eigenvalue weighted by Gasteiger charge is 2.38. The van der Waals surface area contributed by atoms with E-state index in [1.54, 1.807) is 12.2 Å². The van der Waals surface area contributed by atoms with Crippen molar-refractivity contribution in [3.05, 3.63) is 149 Å². The van der Waals surface area contributed by atoms with Gasteiger partial charge in [0, 0.05) is 6.04 Å². The van der Waals surface area contributed by atoms with Crippen LogP contribution in [0.5, 0.6) is 0 Å². The Kier molecular flexibility index (Phi) is 10.4. The molecule has 0 aliphatic heterocycles. The first-order valence-corrected chi connectivity index (χ1v) is 14.2. The molecular weight excluding hydrogens is 606 g/mol. The molecule has 218 valence electrons. The monoisotopic (exact) mass is 631 g/mol. The minimum absolute atomic E-state index is 0.154. The second-order valence-corrected chi connectivity index (χ2v) is 11.8. The van der Waals surface area contributed by atoms with E-state index in [4.69, 9.17) is 39.5 Å². The number of alkyl halides is 6. The van der Waals surface area contributed by atoms with E-state index in [9.17, 15) is 18.0 Å². The predicted molar refractivity (Wildman–Crippen MR) is 162 cm³/mol. The lowest BCUT2D eigenvalue weighted by Crippen LogP contribution is -2.42. The molecule has 4 aromatic carbocycles. The molecule has 0 aromatic heterocycles. The molecule has 42 heavy (non-hydrogen) atoms. The van der Waals surface area contributed by atoms with Crippen LogP contribution in [0, 0.1) is 0 Å². The topological polar surface area (TPSA) is 38.3 Å². The minimum Gasteiger partial charge on any atom is -0.361 e. The molecule has 0 radical (unpaired) electrons.